The van der Waals surface area contributed by atoms with Crippen molar-refractivity contribution in [2.24, 2.45) is 0 Å². The van der Waals surface area contributed by atoms with E-state index in [-0.39, 0.29) is 19.1 Å². The molecule has 3 amide bonds. The molecule has 1 fully saturated rings. The molecule has 24 heavy (non-hydrogen) atoms. The fourth-order valence-corrected chi connectivity index (χ4v) is 3.17. The molecule has 0 aliphatic carbocycles. The zero-order valence-electron chi connectivity index (χ0n) is 13.3. The fraction of sp³-hybridized carbons (Fsp3) is 0.500. The lowest BCUT2D eigenvalue weighted by atomic mass is 9.98. The van der Waals surface area contributed by atoms with Crippen molar-refractivity contribution in [2.75, 3.05) is 31.6 Å². The smallest absolute Gasteiger partial charge is 0.330 e. The number of fused-ring (bicyclic) bond motifs is 1. The van der Waals surface area contributed by atoms with Gasteiger partial charge in [0.15, 0.2) is 0 Å². The van der Waals surface area contributed by atoms with Crippen LogP contribution in [0.3, 0.4) is 0 Å². The van der Waals surface area contributed by atoms with E-state index in [0.717, 1.165) is 16.9 Å². The number of nitrogens with zero attached hydrogens (tertiary/aromatic N) is 3. The number of carbonyl (C=O) groups is 2. The molecule has 0 aromatic heterocycles. The SMILES string of the molecule is CN1CCCN(c2ccc3c(c2)CN(C(=O)C(F)(F)F)CC3)C1=O. The molecule has 0 unspecified atom stereocenters. The van der Waals surface area contributed by atoms with Crippen molar-refractivity contribution >= 4 is 17.6 Å². The second kappa shape index (κ2) is 5.99. The summed E-state index contributed by atoms with van der Waals surface area (Å²) in [4.78, 5) is 27.7. The Bertz CT molecular complexity index is 675. The molecule has 2 heterocycles. The lowest BCUT2D eigenvalue weighted by Gasteiger charge is -2.35. The largest absolute Gasteiger partial charge is 0.471 e. The molecule has 3 rings (SSSR count). The average molecular weight is 341 g/mol. The molecule has 2 aliphatic rings. The molecule has 2 aliphatic heterocycles. The normalized spacial score (nSPS) is 18.7. The van der Waals surface area contributed by atoms with Crippen molar-refractivity contribution in [3.8, 4) is 0 Å². The number of hydrogen-bond donors (Lipinski definition) is 0. The van der Waals surface area contributed by atoms with Crippen molar-refractivity contribution in [2.45, 2.75) is 25.6 Å². The van der Waals surface area contributed by atoms with E-state index >= 15 is 0 Å². The van der Waals surface area contributed by atoms with E-state index in [1.54, 1.807) is 22.9 Å². The Balaban J connectivity index is 1.83. The quantitative estimate of drug-likeness (QED) is 0.787. The third-order valence-electron chi connectivity index (χ3n) is 4.48. The number of alkyl halides is 3. The Hall–Kier alpha value is -2.25. The highest BCUT2D eigenvalue weighted by Gasteiger charge is 2.43. The highest BCUT2D eigenvalue weighted by Crippen LogP contribution is 2.29. The van der Waals surface area contributed by atoms with Crippen LogP contribution in [0.5, 0.6) is 0 Å². The minimum absolute atomic E-state index is 0.0517. The van der Waals surface area contributed by atoms with E-state index in [2.05, 4.69) is 0 Å². The first-order valence-electron chi connectivity index (χ1n) is 7.78. The number of amides is 3. The first-order valence-corrected chi connectivity index (χ1v) is 7.78. The summed E-state index contributed by atoms with van der Waals surface area (Å²) in [6, 6.07) is 5.25. The van der Waals surface area contributed by atoms with Crippen LogP contribution in [0.2, 0.25) is 0 Å². The Morgan fingerprint density at radius 3 is 2.58 bits per heavy atom. The number of hydrogen-bond acceptors (Lipinski definition) is 2. The summed E-state index contributed by atoms with van der Waals surface area (Å²) in [5, 5.41) is 0. The second-order valence-corrected chi connectivity index (χ2v) is 6.14. The van der Waals surface area contributed by atoms with E-state index in [1.807, 2.05) is 12.1 Å². The van der Waals surface area contributed by atoms with Crippen LogP contribution in [-0.4, -0.2) is 54.6 Å². The van der Waals surface area contributed by atoms with Crippen molar-refractivity contribution in [1.82, 2.24) is 9.80 Å². The number of urea groups is 1. The summed E-state index contributed by atoms with van der Waals surface area (Å²) in [5.41, 5.74) is 2.24. The number of rotatable bonds is 1. The van der Waals surface area contributed by atoms with E-state index in [0.29, 0.717) is 30.8 Å². The summed E-state index contributed by atoms with van der Waals surface area (Å²) in [5.74, 6) is -1.81. The van der Waals surface area contributed by atoms with Gasteiger partial charge in [-0.15, -0.1) is 0 Å². The van der Waals surface area contributed by atoms with Crippen molar-refractivity contribution in [1.29, 1.82) is 0 Å². The molecule has 1 aromatic carbocycles. The van der Waals surface area contributed by atoms with Crippen LogP contribution in [-0.2, 0) is 17.8 Å². The van der Waals surface area contributed by atoms with Gasteiger partial charge in [-0.1, -0.05) is 6.07 Å². The zero-order chi connectivity index (χ0) is 17.5. The van der Waals surface area contributed by atoms with Gasteiger partial charge in [-0.25, -0.2) is 4.79 Å². The highest BCUT2D eigenvalue weighted by molar-refractivity contribution is 5.92. The van der Waals surface area contributed by atoms with Gasteiger partial charge < -0.3 is 9.80 Å². The molecule has 1 saturated heterocycles. The number of carbonyl (C=O) groups excluding carboxylic acids is 2. The standard InChI is InChI=1S/C16H18F3N3O2/c1-20-6-2-7-22(15(20)24)13-4-3-11-5-8-21(10-12(11)9-13)14(23)16(17,18)19/h3-4,9H,2,5-8,10H2,1H3. The molecule has 5 nitrogen and oxygen atoms in total. The zero-order valence-corrected chi connectivity index (χ0v) is 13.3. The van der Waals surface area contributed by atoms with Gasteiger partial charge in [0.05, 0.1) is 0 Å². The molecule has 0 spiro atoms. The first-order chi connectivity index (χ1) is 11.3. The predicted molar refractivity (Wildman–Crippen MR) is 81.6 cm³/mol. The molecule has 0 radical (unpaired) electrons. The molecule has 0 saturated carbocycles. The van der Waals surface area contributed by atoms with Gasteiger partial charge >= 0.3 is 18.1 Å². The van der Waals surface area contributed by atoms with Crippen LogP contribution >= 0.6 is 0 Å². The van der Waals surface area contributed by atoms with E-state index in [1.165, 1.54) is 0 Å². The third-order valence-corrected chi connectivity index (χ3v) is 4.48. The van der Waals surface area contributed by atoms with Gasteiger partial charge in [0.25, 0.3) is 0 Å². The van der Waals surface area contributed by atoms with Gasteiger partial charge in [-0.05, 0) is 36.1 Å². The summed E-state index contributed by atoms with van der Waals surface area (Å²) in [6.07, 6.45) is -3.65. The summed E-state index contributed by atoms with van der Waals surface area (Å²) in [6.45, 7) is 1.23. The minimum Gasteiger partial charge on any atom is -0.330 e. The Labute approximate surface area is 137 Å². The monoisotopic (exact) mass is 341 g/mol. The molecule has 0 bridgehead atoms. The summed E-state index contributed by atoms with van der Waals surface area (Å²) >= 11 is 0. The van der Waals surface area contributed by atoms with Crippen LogP contribution < -0.4 is 4.90 Å². The molecule has 130 valence electrons. The summed E-state index contributed by atoms with van der Waals surface area (Å²) < 4.78 is 37.9. The van der Waals surface area contributed by atoms with Gasteiger partial charge in [-0.2, -0.15) is 13.2 Å². The molecular formula is C16H18F3N3O2. The molecule has 0 atom stereocenters. The van der Waals surface area contributed by atoms with Gasteiger partial charge in [0, 0.05) is 38.9 Å². The first kappa shape index (κ1) is 16.6. The maximum absolute atomic E-state index is 12.6. The van der Waals surface area contributed by atoms with Crippen LogP contribution in [0, 0.1) is 0 Å². The van der Waals surface area contributed by atoms with E-state index < -0.39 is 12.1 Å². The van der Waals surface area contributed by atoms with Crippen LogP contribution in [0.1, 0.15) is 17.5 Å². The highest BCUT2D eigenvalue weighted by atomic mass is 19.4. The maximum atomic E-state index is 12.6. The van der Waals surface area contributed by atoms with Gasteiger partial charge in [0.2, 0.25) is 0 Å². The van der Waals surface area contributed by atoms with Crippen molar-refractivity contribution < 1.29 is 22.8 Å². The summed E-state index contributed by atoms with van der Waals surface area (Å²) in [7, 11) is 1.72. The fourth-order valence-electron chi connectivity index (χ4n) is 3.17. The average Bonchev–Trinajstić information content (AvgIpc) is 2.55. The Kier molecular flexibility index (Phi) is 4.15. The lowest BCUT2D eigenvalue weighted by molar-refractivity contribution is -0.186. The number of benzene rings is 1. The lowest BCUT2D eigenvalue weighted by Crippen LogP contribution is -2.47. The van der Waals surface area contributed by atoms with Gasteiger partial charge in [0.1, 0.15) is 0 Å². The second-order valence-electron chi connectivity index (χ2n) is 6.14. The van der Waals surface area contributed by atoms with Crippen LogP contribution in [0.15, 0.2) is 18.2 Å². The molecular weight excluding hydrogens is 323 g/mol. The molecule has 1 aromatic rings. The third kappa shape index (κ3) is 3.05. The predicted octanol–water partition coefficient (Wildman–Crippen LogP) is 2.40. The van der Waals surface area contributed by atoms with Gasteiger partial charge in [-0.3, -0.25) is 9.69 Å². The van der Waals surface area contributed by atoms with E-state index in [9.17, 15) is 22.8 Å². The molecule has 0 N–H and O–H groups in total. The van der Waals surface area contributed by atoms with Crippen LogP contribution in [0.25, 0.3) is 0 Å². The van der Waals surface area contributed by atoms with Crippen molar-refractivity contribution in [3.63, 3.8) is 0 Å². The number of halogens is 3. The molecule has 8 heteroatoms. The maximum Gasteiger partial charge on any atom is 0.471 e. The number of anilines is 1. The van der Waals surface area contributed by atoms with E-state index in [4.69, 9.17) is 0 Å². The minimum atomic E-state index is -4.86. The Morgan fingerprint density at radius 2 is 1.88 bits per heavy atom. The van der Waals surface area contributed by atoms with Crippen LogP contribution in [0.4, 0.5) is 23.7 Å². The topological polar surface area (TPSA) is 43.9 Å². The van der Waals surface area contributed by atoms with Crippen molar-refractivity contribution in [3.05, 3.63) is 29.3 Å². The Morgan fingerprint density at radius 1 is 1.12 bits per heavy atom.